The number of hydrogen-bond donors (Lipinski definition) is 1. The molecule has 0 aliphatic rings. The van der Waals surface area contributed by atoms with Gasteiger partial charge in [-0.15, -0.1) is 0 Å². The standard InChI is InChI=1S/C23H23ClN2O4S/c1-3-30-20-13-11-19(12-14-20)25-23(27)16-26(22-15-18(24)10-9-17(22)2)31(28,29)21-7-5-4-6-8-21/h4-15H,3,16H2,1-2H3,(H,25,27). The van der Waals surface area contributed by atoms with Crippen LogP contribution in [0.25, 0.3) is 0 Å². The molecule has 1 N–H and O–H groups in total. The second-order valence-corrected chi connectivity index (χ2v) is 9.06. The number of benzene rings is 3. The second-order valence-electron chi connectivity index (χ2n) is 6.76. The molecule has 0 unspecified atom stereocenters. The van der Waals surface area contributed by atoms with Gasteiger partial charge in [-0.3, -0.25) is 9.10 Å². The van der Waals surface area contributed by atoms with Crippen LogP contribution in [0.15, 0.2) is 77.7 Å². The average molecular weight is 459 g/mol. The van der Waals surface area contributed by atoms with Gasteiger partial charge in [0.25, 0.3) is 10.0 Å². The molecular weight excluding hydrogens is 436 g/mol. The van der Waals surface area contributed by atoms with E-state index in [0.29, 0.717) is 34.3 Å². The fraction of sp³-hybridized carbons (Fsp3) is 0.174. The van der Waals surface area contributed by atoms with Crippen molar-refractivity contribution in [3.05, 3.63) is 83.4 Å². The van der Waals surface area contributed by atoms with Gasteiger partial charge >= 0.3 is 0 Å². The number of ether oxygens (including phenoxy) is 1. The number of amides is 1. The van der Waals surface area contributed by atoms with Crippen molar-refractivity contribution in [2.75, 3.05) is 22.8 Å². The van der Waals surface area contributed by atoms with Crippen LogP contribution in [0.5, 0.6) is 5.75 Å². The van der Waals surface area contributed by atoms with Crippen LogP contribution in [0.3, 0.4) is 0 Å². The highest BCUT2D eigenvalue weighted by atomic mass is 35.5. The van der Waals surface area contributed by atoms with Crippen LogP contribution in [0.1, 0.15) is 12.5 Å². The minimum atomic E-state index is -4.00. The quantitative estimate of drug-likeness (QED) is 0.522. The summed E-state index contributed by atoms with van der Waals surface area (Å²) in [6, 6.07) is 19.8. The molecule has 0 aliphatic heterocycles. The van der Waals surface area contributed by atoms with Gasteiger partial charge in [0, 0.05) is 10.7 Å². The molecule has 0 saturated carbocycles. The second kappa shape index (κ2) is 9.85. The SMILES string of the molecule is CCOc1ccc(NC(=O)CN(c2cc(Cl)ccc2C)S(=O)(=O)c2ccccc2)cc1. The van der Waals surface area contributed by atoms with Gasteiger partial charge in [0.15, 0.2) is 0 Å². The third kappa shape index (κ3) is 5.57. The van der Waals surface area contributed by atoms with Crippen LogP contribution in [0.4, 0.5) is 11.4 Å². The van der Waals surface area contributed by atoms with Gasteiger partial charge in [-0.25, -0.2) is 8.42 Å². The lowest BCUT2D eigenvalue weighted by molar-refractivity contribution is -0.114. The van der Waals surface area contributed by atoms with Crippen molar-refractivity contribution in [1.82, 2.24) is 0 Å². The summed E-state index contributed by atoms with van der Waals surface area (Å²) in [4.78, 5) is 12.9. The molecular formula is C23H23ClN2O4S. The van der Waals surface area contributed by atoms with Crippen molar-refractivity contribution in [2.24, 2.45) is 0 Å². The van der Waals surface area contributed by atoms with Crippen LogP contribution >= 0.6 is 11.6 Å². The number of hydrogen-bond acceptors (Lipinski definition) is 4. The van der Waals surface area contributed by atoms with E-state index in [1.165, 1.54) is 12.1 Å². The maximum atomic E-state index is 13.4. The highest BCUT2D eigenvalue weighted by molar-refractivity contribution is 7.92. The first-order valence-electron chi connectivity index (χ1n) is 9.68. The van der Waals surface area contributed by atoms with Crippen molar-refractivity contribution in [3.8, 4) is 5.75 Å². The van der Waals surface area contributed by atoms with Gasteiger partial charge in [0.2, 0.25) is 5.91 Å². The van der Waals surface area contributed by atoms with Crippen LogP contribution < -0.4 is 14.4 Å². The lowest BCUT2D eigenvalue weighted by Crippen LogP contribution is -2.38. The Balaban J connectivity index is 1.91. The van der Waals surface area contributed by atoms with Crippen molar-refractivity contribution < 1.29 is 17.9 Å². The van der Waals surface area contributed by atoms with Crippen molar-refractivity contribution in [3.63, 3.8) is 0 Å². The molecule has 8 heteroatoms. The van der Waals surface area contributed by atoms with Gasteiger partial charge in [-0.1, -0.05) is 35.9 Å². The zero-order chi connectivity index (χ0) is 22.4. The molecule has 31 heavy (non-hydrogen) atoms. The number of anilines is 2. The third-order valence-electron chi connectivity index (χ3n) is 4.51. The average Bonchev–Trinajstić information content (AvgIpc) is 2.76. The minimum absolute atomic E-state index is 0.0863. The van der Waals surface area contributed by atoms with E-state index < -0.39 is 22.5 Å². The number of sulfonamides is 1. The summed E-state index contributed by atoms with van der Waals surface area (Å²) in [7, 11) is -4.00. The lowest BCUT2D eigenvalue weighted by atomic mass is 10.2. The van der Waals surface area contributed by atoms with Crippen LogP contribution in [0.2, 0.25) is 5.02 Å². The molecule has 0 heterocycles. The first-order chi connectivity index (χ1) is 14.8. The number of carbonyl (C=O) groups is 1. The number of nitrogens with zero attached hydrogens (tertiary/aromatic N) is 1. The molecule has 0 spiro atoms. The fourth-order valence-electron chi connectivity index (χ4n) is 3.00. The predicted octanol–water partition coefficient (Wildman–Crippen LogP) is 4.88. The fourth-order valence-corrected chi connectivity index (χ4v) is 4.67. The predicted molar refractivity (Wildman–Crippen MR) is 123 cm³/mol. The number of nitrogens with one attached hydrogen (secondary N) is 1. The molecule has 3 aromatic carbocycles. The number of rotatable bonds is 8. The van der Waals surface area contributed by atoms with E-state index in [1.54, 1.807) is 67.6 Å². The first-order valence-corrected chi connectivity index (χ1v) is 11.5. The summed E-state index contributed by atoms with van der Waals surface area (Å²) >= 11 is 6.13. The van der Waals surface area contributed by atoms with Gasteiger partial charge < -0.3 is 10.1 Å². The Bertz CT molecular complexity index is 1150. The van der Waals surface area contributed by atoms with Gasteiger partial charge in [0.05, 0.1) is 17.2 Å². The largest absolute Gasteiger partial charge is 0.494 e. The highest BCUT2D eigenvalue weighted by Gasteiger charge is 2.28. The maximum absolute atomic E-state index is 13.4. The number of halogens is 1. The normalized spacial score (nSPS) is 11.1. The Morgan fingerprint density at radius 1 is 1.03 bits per heavy atom. The molecule has 0 fully saturated rings. The molecule has 162 valence electrons. The van der Waals surface area contributed by atoms with Gasteiger partial charge in [0.1, 0.15) is 12.3 Å². The van der Waals surface area contributed by atoms with Crippen LogP contribution in [-0.4, -0.2) is 27.5 Å². The smallest absolute Gasteiger partial charge is 0.264 e. The molecule has 0 aliphatic carbocycles. The number of aryl methyl sites for hydroxylation is 1. The minimum Gasteiger partial charge on any atom is -0.494 e. The van der Waals surface area contributed by atoms with Crippen molar-refractivity contribution in [2.45, 2.75) is 18.7 Å². The van der Waals surface area contributed by atoms with E-state index in [1.807, 2.05) is 6.92 Å². The third-order valence-corrected chi connectivity index (χ3v) is 6.52. The van der Waals surface area contributed by atoms with Crippen molar-refractivity contribution in [1.29, 1.82) is 0 Å². The lowest BCUT2D eigenvalue weighted by Gasteiger charge is -2.26. The summed E-state index contributed by atoms with van der Waals surface area (Å²) in [5, 5.41) is 3.11. The zero-order valence-corrected chi connectivity index (χ0v) is 18.8. The van der Waals surface area contributed by atoms with Gasteiger partial charge in [-0.05, 0) is 67.9 Å². The first kappa shape index (κ1) is 22.7. The zero-order valence-electron chi connectivity index (χ0n) is 17.2. The summed E-state index contributed by atoms with van der Waals surface area (Å²) < 4.78 is 33.2. The molecule has 0 saturated heterocycles. The highest BCUT2D eigenvalue weighted by Crippen LogP contribution is 2.29. The summed E-state index contributed by atoms with van der Waals surface area (Å²) in [6.45, 7) is 3.78. The molecule has 6 nitrogen and oxygen atoms in total. The van der Waals surface area contributed by atoms with Crippen LogP contribution in [0, 0.1) is 6.92 Å². The van der Waals surface area contributed by atoms with E-state index in [-0.39, 0.29) is 4.90 Å². The van der Waals surface area contributed by atoms with Crippen molar-refractivity contribution >= 4 is 38.9 Å². The Kier molecular flexibility index (Phi) is 7.20. The molecule has 0 atom stereocenters. The topological polar surface area (TPSA) is 75.7 Å². The molecule has 0 aromatic heterocycles. The maximum Gasteiger partial charge on any atom is 0.264 e. The molecule has 0 bridgehead atoms. The van der Waals surface area contributed by atoms with E-state index in [2.05, 4.69) is 5.32 Å². The van der Waals surface area contributed by atoms with E-state index >= 15 is 0 Å². The molecule has 3 aromatic rings. The molecule has 1 amide bonds. The Labute approximate surface area is 187 Å². The summed E-state index contributed by atoms with van der Waals surface area (Å²) in [5.41, 5.74) is 1.56. The molecule has 0 radical (unpaired) electrons. The van der Waals surface area contributed by atoms with E-state index in [4.69, 9.17) is 16.3 Å². The van der Waals surface area contributed by atoms with Gasteiger partial charge in [-0.2, -0.15) is 0 Å². The Morgan fingerprint density at radius 3 is 2.35 bits per heavy atom. The van der Waals surface area contributed by atoms with E-state index in [9.17, 15) is 13.2 Å². The summed E-state index contributed by atoms with van der Waals surface area (Å²) in [6.07, 6.45) is 0. The number of carbonyl (C=O) groups excluding carboxylic acids is 1. The molecule has 3 rings (SSSR count). The summed E-state index contributed by atoms with van der Waals surface area (Å²) in [5.74, 6) is 0.200. The Morgan fingerprint density at radius 2 is 1.71 bits per heavy atom. The Hall–Kier alpha value is -3.03. The van der Waals surface area contributed by atoms with Crippen LogP contribution in [-0.2, 0) is 14.8 Å². The van der Waals surface area contributed by atoms with E-state index in [0.717, 1.165) is 4.31 Å². The monoisotopic (exact) mass is 458 g/mol.